The van der Waals surface area contributed by atoms with Crippen LogP contribution in [0.2, 0.25) is 0 Å². The van der Waals surface area contributed by atoms with Gasteiger partial charge in [-0.15, -0.1) is 0 Å². The van der Waals surface area contributed by atoms with Crippen molar-refractivity contribution in [2.45, 2.75) is 20.0 Å². The molecule has 1 aromatic rings. The first-order chi connectivity index (χ1) is 6.63. The summed E-state index contributed by atoms with van der Waals surface area (Å²) in [5.74, 6) is -0.691. The highest BCUT2D eigenvalue weighted by molar-refractivity contribution is 5.68. The summed E-state index contributed by atoms with van der Waals surface area (Å²) in [6.45, 7) is 1.82. The van der Waals surface area contributed by atoms with Gasteiger partial charge in [0, 0.05) is 6.42 Å². The molecule has 1 rings (SSSR count). The number of ether oxygens (including phenoxy) is 1. The highest BCUT2D eigenvalue weighted by atomic mass is 16.5. The zero-order valence-electron chi connectivity index (χ0n) is 7.86. The Kier molecular flexibility index (Phi) is 3.34. The molecule has 0 aromatic heterocycles. The number of rotatable bonds is 3. The summed E-state index contributed by atoms with van der Waals surface area (Å²) in [6.07, 6.45) is 0.323. The van der Waals surface area contributed by atoms with Gasteiger partial charge in [-0.2, -0.15) is 0 Å². The van der Waals surface area contributed by atoms with E-state index in [1.54, 1.807) is 13.0 Å². The number of carbonyl (C=O) groups is 1. The number of aromatic hydroxyl groups is 2. The first-order valence-electron chi connectivity index (χ1n) is 4.30. The third-order valence-corrected chi connectivity index (χ3v) is 1.73. The summed E-state index contributed by atoms with van der Waals surface area (Å²) >= 11 is 0. The van der Waals surface area contributed by atoms with E-state index in [1.807, 2.05) is 0 Å². The van der Waals surface area contributed by atoms with Crippen molar-refractivity contribution in [3.63, 3.8) is 0 Å². The minimum absolute atomic E-state index is 0.112. The third-order valence-electron chi connectivity index (χ3n) is 1.73. The second-order valence-electron chi connectivity index (χ2n) is 2.84. The lowest BCUT2D eigenvalue weighted by atomic mass is 10.2. The van der Waals surface area contributed by atoms with Crippen molar-refractivity contribution in [1.29, 1.82) is 0 Å². The highest BCUT2D eigenvalue weighted by Gasteiger charge is 2.03. The van der Waals surface area contributed by atoms with Crippen LogP contribution in [0.3, 0.4) is 0 Å². The van der Waals surface area contributed by atoms with Crippen molar-refractivity contribution >= 4 is 5.97 Å². The maximum absolute atomic E-state index is 10.8. The van der Waals surface area contributed by atoms with Gasteiger partial charge in [-0.1, -0.05) is 13.0 Å². The summed E-state index contributed by atoms with van der Waals surface area (Å²) < 4.78 is 4.84. The second-order valence-corrected chi connectivity index (χ2v) is 2.84. The van der Waals surface area contributed by atoms with E-state index in [0.717, 1.165) is 0 Å². The molecule has 0 heterocycles. The van der Waals surface area contributed by atoms with Gasteiger partial charge in [0.25, 0.3) is 0 Å². The van der Waals surface area contributed by atoms with Crippen LogP contribution < -0.4 is 0 Å². The zero-order chi connectivity index (χ0) is 10.6. The van der Waals surface area contributed by atoms with Gasteiger partial charge in [-0.3, -0.25) is 4.79 Å². The molecule has 14 heavy (non-hydrogen) atoms. The molecule has 0 atom stereocenters. The van der Waals surface area contributed by atoms with Crippen molar-refractivity contribution in [3.05, 3.63) is 23.8 Å². The van der Waals surface area contributed by atoms with Crippen molar-refractivity contribution in [3.8, 4) is 11.5 Å². The van der Waals surface area contributed by atoms with Crippen LogP contribution in [-0.4, -0.2) is 16.2 Å². The average Bonchev–Trinajstić information content (AvgIpc) is 2.19. The van der Waals surface area contributed by atoms with E-state index in [2.05, 4.69) is 0 Å². The first-order valence-corrected chi connectivity index (χ1v) is 4.30. The summed E-state index contributed by atoms with van der Waals surface area (Å²) in [5.41, 5.74) is 0.641. The summed E-state index contributed by atoms with van der Waals surface area (Å²) in [7, 11) is 0. The normalized spacial score (nSPS) is 9.79. The van der Waals surface area contributed by atoms with Crippen LogP contribution in [0.15, 0.2) is 18.2 Å². The number of esters is 1. The van der Waals surface area contributed by atoms with Crippen LogP contribution in [0.5, 0.6) is 11.5 Å². The van der Waals surface area contributed by atoms with Gasteiger partial charge in [0.1, 0.15) is 6.61 Å². The van der Waals surface area contributed by atoms with E-state index in [4.69, 9.17) is 14.9 Å². The Morgan fingerprint density at radius 1 is 1.36 bits per heavy atom. The van der Waals surface area contributed by atoms with Crippen molar-refractivity contribution in [2.75, 3.05) is 0 Å². The Morgan fingerprint density at radius 2 is 2.07 bits per heavy atom. The number of carbonyl (C=O) groups excluding carboxylic acids is 1. The molecule has 0 amide bonds. The lowest BCUT2D eigenvalue weighted by Crippen LogP contribution is -2.01. The third kappa shape index (κ3) is 2.65. The molecule has 0 bridgehead atoms. The maximum Gasteiger partial charge on any atom is 0.305 e. The number of hydrogen-bond donors (Lipinski definition) is 2. The van der Waals surface area contributed by atoms with Crippen LogP contribution in [0.25, 0.3) is 0 Å². The zero-order valence-corrected chi connectivity index (χ0v) is 7.86. The number of phenols is 2. The fourth-order valence-electron chi connectivity index (χ4n) is 0.925. The summed E-state index contributed by atoms with van der Waals surface area (Å²) in [6, 6.07) is 4.29. The van der Waals surface area contributed by atoms with Crippen LogP contribution in [0, 0.1) is 0 Å². The Bertz CT molecular complexity index is 333. The SMILES string of the molecule is CCC(=O)OCc1ccc(O)c(O)c1. The summed E-state index contributed by atoms with van der Waals surface area (Å²) in [5, 5.41) is 18.1. The van der Waals surface area contributed by atoms with Gasteiger partial charge in [-0.25, -0.2) is 0 Å². The van der Waals surface area contributed by atoms with Crippen LogP contribution >= 0.6 is 0 Å². The Morgan fingerprint density at radius 3 is 2.64 bits per heavy atom. The maximum atomic E-state index is 10.8. The quantitative estimate of drug-likeness (QED) is 0.568. The Balaban J connectivity index is 2.60. The van der Waals surface area contributed by atoms with Gasteiger partial charge >= 0.3 is 5.97 Å². The molecule has 76 valence electrons. The van der Waals surface area contributed by atoms with Gasteiger partial charge in [-0.05, 0) is 17.7 Å². The molecule has 0 fully saturated rings. The first kappa shape index (κ1) is 10.4. The lowest BCUT2D eigenvalue weighted by molar-refractivity contribution is -0.144. The lowest BCUT2D eigenvalue weighted by Gasteiger charge is -2.04. The molecular weight excluding hydrogens is 184 g/mol. The smallest absolute Gasteiger partial charge is 0.305 e. The van der Waals surface area contributed by atoms with E-state index >= 15 is 0 Å². The minimum Gasteiger partial charge on any atom is -0.504 e. The number of hydrogen-bond acceptors (Lipinski definition) is 4. The van der Waals surface area contributed by atoms with Gasteiger partial charge < -0.3 is 14.9 Å². The second kappa shape index (κ2) is 4.50. The monoisotopic (exact) mass is 196 g/mol. The van der Waals surface area contributed by atoms with Gasteiger partial charge in [0.15, 0.2) is 11.5 Å². The molecule has 0 radical (unpaired) electrons. The molecular formula is C10H12O4. The van der Waals surface area contributed by atoms with Crippen molar-refractivity contribution < 1.29 is 19.7 Å². The molecule has 4 heteroatoms. The fraction of sp³-hybridized carbons (Fsp3) is 0.300. The summed E-state index contributed by atoms with van der Waals surface area (Å²) in [4.78, 5) is 10.8. The number of benzene rings is 1. The number of phenolic OH excluding ortho intramolecular Hbond substituents is 2. The van der Waals surface area contributed by atoms with Gasteiger partial charge in [0.05, 0.1) is 0 Å². The standard InChI is InChI=1S/C10H12O4/c1-2-10(13)14-6-7-3-4-8(11)9(12)5-7/h3-5,11-12H,2,6H2,1H3. The topological polar surface area (TPSA) is 66.8 Å². The molecule has 0 saturated carbocycles. The van der Waals surface area contributed by atoms with Crippen LogP contribution in [0.4, 0.5) is 0 Å². The molecule has 0 aliphatic carbocycles. The average molecular weight is 196 g/mol. The van der Waals surface area contributed by atoms with E-state index in [9.17, 15) is 4.79 Å². The predicted molar refractivity (Wildman–Crippen MR) is 49.9 cm³/mol. The predicted octanol–water partition coefficient (Wildman–Crippen LogP) is 1.55. The molecule has 0 aliphatic heterocycles. The molecule has 4 nitrogen and oxygen atoms in total. The van der Waals surface area contributed by atoms with E-state index in [-0.39, 0.29) is 24.1 Å². The Labute approximate surface area is 81.8 Å². The largest absolute Gasteiger partial charge is 0.504 e. The minimum atomic E-state index is -0.294. The molecule has 0 spiro atoms. The van der Waals surface area contributed by atoms with Gasteiger partial charge in [0.2, 0.25) is 0 Å². The molecule has 1 aromatic carbocycles. The molecule has 0 unspecified atom stereocenters. The fourth-order valence-corrected chi connectivity index (χ4v) is 0.925. The van der Waals surface area contributed by atoms with Crippen LogP contribution in [0.1, 0.15) is 18.9 Å². The molecule has 0 aliphatic rings. The van der Waals surface area contributed by atoms with E-state index < -0.39 is 0 Å². The van der Waals surface area contributed by atoms with Crippen LogP contribution in [-0.2, 0) is 16.1 Å². The van der Waals surface area contributed by atoms with E-state index in [0.29, 0.717) is 12.0 Å². The highest BCUT2D eigenvalue weighted by Crippen LogP contribution is 2.25. The molecule has 0 saturated heterocycles. The van der Waals surface area contributed by atoms with Crippen molar-refractivity contribution in [2.24, 2.45) is 0 Å². The molecule has 2 N–H and O–H groups in total. The van der Waals surface area contributed by atoms with Crippen molar-refractivity contribution in [1.82, 2.24) is 0 Å². The Hall–Kier alpha value is -1.71. The van der Waals surface area contributed by atoms with E-state index in [1.165, 1.54) is 12.1 Å².